The third kappa shape index (κ3) is 5.36. The summed E-state index contributed by atoms with van der Waals surface area (Å²) in [6.07, 6.45) is 3.16. The van der Waals surface area contributed by atoms with E-state index in [9.17, 15) is 4.79 Å². The molecule has 1 heterocycles. The number of piperidine rings is 1. The van der Waals surface area contributed by atoms with Crippen LogP contribution in [0.2, 0.25) is 5.02 Å². The van der Waals surface area contributed by atoms with E-state index in [1.54, 1.807) is 14.2 Å². The van der Waals surface area contributed by atoms with Crippen LogP contribution < -0.4 is 15.4 Å². The fraction of sp³-hybridized carbons (Fsp3) is 0.611. The first-order chi connectivity index (χ1) is 11.6. The maximum atomic E-state index is 12.2. The van der Waals surface area contributed by atoms with Crippen molar-refractivity contribution in [3.8, 4) is 5.75 Å². The van der Waals surface area contributed by atoms with Crippen molar-refractivity contribution >= 4 is 17.5 Å². The predicted molar refractivity (Wildman–Crippen MR) is 95.7 cm³/mol. The number of carbonyl (C=O) groups is 1. The molecular weight excluding hydrogens is 328 g/mol. The van der Waals surface area contributed by atoms with Crippen molar-refractivity contribution in [2.24, 2.45) is 5.41 Å². The Balaban J connectivity index is 1.81. The summed E-state index contributed by atoms with van der Waals surface area (Å²) in [5, 5.41) is 7.01. The normalized spacial score (nSPS) is 16.6. The smallest absolute Gasteiger partial charge is 0.220 e. The van der Waals surface area contributed by atoms with Crippen LogP contribution in [0.15, 0.2) is 18.2 Å². The highest BCUT2D eigenvalue weighted by Gasteiger charge is 2.32. The molecule has 5 nitrogen and oxygen atoms in total. The van der Waals surface area contributed by atoms with E-state index < -0.39 is 0 Å². The average Bonchev–Trinajstić information content (AvgIpc) is 2.59. The summed E-state index contributed by atoms with van der Waals surface area (Å²) in [5.74, 6) is 0.716. The average molecular weight is 355 g/mol. The van der Waals surface area contributed by atoms with Gasteiger partial charge in [0.1, 0.15) is 5.75 Å². The van der Waals surface area contributed by atoms with Crippen molar-refractivity contribution in [3.05, 3.63) is 28.8 Å². The van der Waals surface area contributed by atoms with Crippen LogP contribution in [0.5, 0.6) is 5.75 Å². The number of carbonyl (C=O) groups excluding carboxylic acids is 1. The van der Waals surface area contributed by atoms with Crippen molar-refractivity contribution in [1.82, 2.24) is 10.6 Å². The molecule has 2 rings (SSSR count). The second-order valence-electron chi connectivity index (χ2n) is 6.43. The van der Waals surface area contributed by atoms with Gasteiger partial charge in [0.15, 0.2) is 0 Å². The molecule has 0 aromatic heterocycles. The highest BCUT2D eigenvalue weighted by molar-refractivity contribution is 6.32. The largest absolute Gasteiger partial charge is 0.495 e. The number of hydrogen-bond donors (Lipinski definition) is 2. The molecule has 0 unspecified atom stereocenters. The zero-order chi connectivity index (χ0) is 17.4. The molecule has 0 radical (unpaired) electrons. The van der Waals surface area contributed by atoms with Gasteiger partial charge in [-0.1, -0.05) is 17.7 Å². The first-order valence-corrected chi connectivity index (χ1v) is 8.75. The van der Waals surface area contributed by atoms with Gasteiger partial charge in [-0.2, -0.15) is 0 Å². The number of hydrogen-bond acceptors (Lipinski definition) is 4. The maximum Gasteiger partial charge on any atom is 0.220 e. The molecule has 2 N–H and O–H groups in total. The minimum Gasteiger partial charge on any atom is -0.495 e. The minimum absolute atomic E-state index is 0.0546. The molecule has 1 aliphatic rings. The lowest BCUT2D eigenvalue weighted by atomic mass is 9.79. The van der Waals surface area contributed by atoms with Crippen LogP contribution in [-0.2, 0) is 16.0 Å². The molecular formula is C18H27ClN2O3. The summed E-state index contributed by atoms with van der Waals surface area (Å²) in [5.41, 5.74) is 1.09. The molecule has 1 aliphatic heterocycles. The van der Waals surface area contributed by atoms with Gasteiger partial charge in [0, 0.05) is 25.5 Å². The summed E-state index contributed by atoms with van der Waals surface area (Å²) >= 11 is 6.12. The van der Waals surface area contributed by atoms with Crippen LogP contribution in [0, 0.1) is 5.41 Å². The molecule has 0 bridgehead atoms. The van der Waals surface area contributed by atoms with Crippen LogP contribution in [0.3, 0.4) is 0 Å². The minimum atomic E-state index is 0.0546. The molecule has 6 heteroatoms. The van der Waals surface area contributed by atoms with Crippen LogP contribution in [0.25, 0.3) is 0 Å². The SMILES string of the molecule is COCC1(CNC(=O)CCc2ccc(OC)c(Cl)c2)CCNCC1. The lowest BCUT2D eigenvalue weighted by Gasteiger charge is -2.37. The molecule has 134 valence electrons. The molecule has 0 saturated carbocycles. The Morgan fingerprint density at radius 2 is 2.08 bits per heavy atom. The summed E-state index contributed by atoms with van der Waals surface area (Å²) in [4.78, 5) is 12.2. The van der Waals surface area contributed by atoms with Crippen molar-refractivity contribution in [2.75, 3.05) is 40.5 Å². The number of amides is 1. The van der Waals surface area contributed by atoms with Gasteiger partial charge in [0.2, 0.25) is 5.91 Å². The second kappa shape index (κ2) is 9.25. The van der Waals surface area contributed by atoms with Gasteiger partial charge in [-0.25, -0.2) is 0 Å². The predicted octanol–water partition coefficient (Wildman–Crippen LogP) is 2.41. The van der Waals surface area contributed by atoms with E-state index in [0.29, 0.717) is 36.8 Å². The van der Waals surface area contributed by atoms with Gasteiger partial charge in [0.05, 0.1) is 18.7 Å². The summed E-state index contributed by atoms with van der Waals surface area (Å²) < 4.78 is 10.5. The van der Waals surface area contributed by atoms with Crippen molar-refractivity contribution in [3.63, 3.8) is 0 Å². The van der Waals surface area contributed by atoms with Gasteiger partial charge < -0.3 is 20.1 Å². The molecule has 1 amide bonds. The van der Waals surface area contributed by atoms with Gasteiger partial charge in [-0.3, -0.25) is 4.79 Å². The fourth-order valence-electron chi connectivity index (χ4n) is 3.13. The van der Waals surface area contributed by atoms with Crippen LogP contribution in [0.1, 0.15) is 24.8 Å². The molecule has 0 atom stereocenters. The molecule has 1 aromatic carbocycles. The lowest BCUT2D eigenvalue weighted by Crippen LogP contribution is -2.47. The highest BCUT2D eigenvalue weighted by Crippen LogP contribution is 2.28. The number of ether oxygens (including phenoxy) is 2. The molecule has 0 aliphatic carbocycles. The molecule has 1 fully saturated rings. The first-order valence-electron chi connectivity index (χ1n) is 8.37. The van der Waals surface area contributed by atoms with Crippen LogP contribution >= 0.6 is 11.6 Å². The Bertz CT molecular complexity index is 540. The maximum absolute atomic E-state index is 12.2. The van der Waals surface area contributed by atoms with E-state index in [2.05, 4.69) is 10.6 Å². The van der Waals surface area contributed by atoms with E-state index in [-0.39, 0.29) is 11.3 Å². The number of nitrogens with one attached hydrogen (secondary N) is 2. The lowest BCUT2D eigenvalue weighted by molar-refractivity contribution is -0.122. The number of aryl methyl sites for hydroxylation is 1. The molecule has 0 spiro atoms. The van der Waals surface area contributed by atoms with Gasteiger partial charge in [0.25, 0.3) is 0 Å². The van der Waals surface area contributed by atoms with E-state index in [1.807, 2.05) is 18.2 Å². The van der Waals surface area contributed by atoms with E-state index in [1.165, 1.54) is 0 Å². The van der Waals surface area contributed by atoms with Crippen LogP contribution in [0.4, 0.5) is 0 Å². The summed E-state index contributed by atoms with van der Waals surface area (Å²) in [6, 6.07) is 5.63. The molecule has 24 heavy (non-hydrogen) atoms. The van der Waals surface area contributed by atoms with E-state index in [4.69, 9.17) is 21.1 Å². The topological polar surface area (TPSA) is 59.6 Å². The molecule has 1 saturated heterocycles. The Hall–Kier alpha value is -1.30. The number of methoxy groups -OCH3 is 2. The second-order valence-corrected chi connectivity index (χ2v) is 6.84. The number of halogens is 1. The van der Waals surface area contributed by atoms with Crippen molar-refractivity contribution in [1.29, 1.82) is 0 Å². The third-order valence-corrected chi connectivity index (χ3v) is 4.93. The van der Waals surface area contributed by atoms with E-state index in [0.717, 1.165) is 31.5 Å². The van der Waals surface area contributed by atoms with Gasteiger partial charge in [-0.05, 0) is 50.0 Å². The van der Waals surface area contributed by atoms with Crippen molar-refractivity contribution < 1.29 is 14.3 Å². The summed E-state index contributed by atoms with van der Waals surface area (Å²) in [6.45, 7) is 3.31. The Morgan fingerprint density at radius 1 is 1.33 bits per heavy atom. The van der Waals surface area contributed by atoms with Gasteiger partial charge >= 0.3 is 0 Å². The number of benzene rings is 1. The van der Waals surface area contributed by atoms with Crippen LogP contribution in [-0.4, -0.2) is 46.4 Å². The Kier molecular flexibility index (Phi) is 7.34. The Labute approximate surface area is 149 Å². The Morgan fingerprint density at radius 3 is 2.71 bits per heavy atom. The summed E-state index contributed by atoms with van der Waals surface area (Å²) in [7, 11) is 3.31. The monoisotopic (exact) mass is 354 g/mol. The van der Waals surface area contributed by atoms with E-state index >= 15 is 0 Å². The quantitative estimate of drug-likeness (QED) is 0.752. The highest BCUT2D eigenvalue weighted by atomic mass is 35.5. The molecule has 1 aromatic rings. The number of rotatable bonds is 8. The van der Waals surface area contributed by atoms with Crippen molar-refractivity contribution in [2.45, 2.75) is 25.7 Å². The standard InChI is InChI=1S/C18H27ClN2O3/c1-23-13-18(7-9-20-10-8-18)12-21-17(22)6-4-14-3-5-16(24-2)15(19)11-14/h3,5,11,20H,4,6-10,12-13H2,1-2H3,(H,21,22). The zero-order valence-corrected chi connectivity index (χ0v) is 15.2. The third-order valence-electron chi connectivity index (χ3n) is 4.63. The first kappa shape index (κ1) is 19.0. The van der Waals surface area contributed by atoms with Gasteiger partial charge in [-0.15, -0.1) is 0 Å². The zero-order valence-electron chi connectivity index (χ0n) is 14.5. The fourth-order valence-corrected chi connectivity index (χ4v) is 3.41.